The summed E-state index contributed by atoms with van der Waals surface area (Å²) >= 11 is 0. The molecule has 0 heterocycles. The molecule has 0 nitrogen and oxygen atoms in total. The van der Waals surface area contributed by atoms with Crippen LogP contribution in [0, 0.1) is 0 Å². The molecular formula is C4H16P4Pt. The molecule has 0 saturated heterocycles. The molecule has 0 rings (SSSR count). The molecule has 0 amide bonds. The van der Waals surface area contributed by atoms with Gasteiger partial charge in [-0.15, -0.1) is 37.0 Å². The fourth-order valence-electron chi connectivity index (χ4n) is 0. The first-order valence-corrected chi connectivity index (χ1v) is 5.90. The molecule has 0 radical (unpaired) electrons. The minimum Gasteiger partial charge on any atom is -0.137 e. The number of rotatable bonds is 2. The van der Waals surface area contributed by atoms with Crippen molar-refractivity contribution in [3.63, 3.8) is 0 Å². The predicted octanol–water partition coefficient (Wildman–Crippen LogP) is 1.47. The fourth-order valence-corrected chi connectivity index (χ4v) is 0. The van der Waals surface area contributed by atoms with Gasteiger partial charge in [0.1, 0.15) is 0 Å². The second kappa shape index (κ2) is 22.4. The van der Waals surface area contributed by atoms with Crippen LogP contribution in [0.4, 0.5) is 0 Å². The molecule has 0 aromatic carbocycles. The van der Waals surface area contributed by atoms with Crippen LogP contribution in [0.2, 0.25) is 0 Å². The van der Waals surface area contributed by atoms with E-state index in [9.17, 15) is 0 Å². The van der Waals surface area contributed by atoms with Crippen molar-refractivity contribution in [3.8, 4) is 0 Å². The zero-order chi connectivity index (χ0) is 6.83. The van der Waals surface area contributed by atoms with E-state index in [1.54, 1.807) is 0 Å². The van der Waals surface area contributed by atoms with Gasteiger partial charge < -0.3 is 0 Å². The van der Waals surface area contributed by atoms with Crippen LogP contribution in [0.5, 0.6) is 0 Å². The Bertz CT molecular complexity index is 20.5. The summed E-state index contributed by atoms with van der Waals surface area (Å²) in [6.07, 6.45) is 4.80. The van der Waals surface area contributed by atoms with E-state index in [0.717, 1.165) is 0 Å². The molecule has 5 heteroatoms. The zero-order valence-corrected chi connectivity index (χ0v) is 12.3. The zero-order valence-electron chi connectivity index (χ0n) is 5.45. The van der Waals surface area contributed by atoms with Crippen molar-refractivity contribution in [2.24, 2.45) is 0 Å². The molecule has 4 unspecified atom stereocenters. The van der Waals surface area contributed by atoms with Crippen molar-refractivity contribution in [3.05, 3.63) is 0 Å². The maximum Gasteiger partial charge on any atom is 0 e. The minimum atomic E-state index is 0. The monoisotopic (exact) mass is 383 g/mol. The largest absolute Gasteiger partial charge is 0.137 e. The van der Waals surface area contributed by atoms with Gasteiger partial charge in [0.2, 0.25) is 0 Å². The third-order valence-corrected chi connectivity index (χ3v) is 3.00. The summed E-state index contributed by atoms with van der Waals surface area (Å²) in [6.45, 7) is 0. The van der Waals surface area contributed by atoms with E-state index >= 15 is 0 Å². The average Bonchev–Trinajstić information content (AvgIpc) is 1.88. The van der Waals surface area contributed by atoms with E-state index < -0.39 is 0 Å². The van der Waals surface area contributed by atoms with Crippen molar-refractivity contribution in [2.45, 2.75) is 0 Å². The number of hydrogen-bond donors (Lipinski definition) is 0. The Morgan fingerprint density at radius 3 is 0.667 bits per heavy atom. The van der Waals surface area contributed by atoms with Crippen LogP contribution in [-0.4, -0.2) is 24.6 Å². The quantitative estimate of drug-likeness (QED) is 0.634. The molecule has 62 valence electrons. The summed E-state index contributed by atoms with van der Waals surface area (Å²) in [5.41, 5.74) is 0. The first-order valence-electron chi connectivity index (χ1n) is 2.63. The molecule has 9 heavy (non-hydrogen) atoms. The van der Waals surface area contributed by atoms with Crippen molar-refractivity contribution in [1.82, 2.24) is 0 Å². The molecule has 0 bridgehead atoms. The van der Waals surface area contributed by atoms with Crippen molar-refractivity contribution < 1.29 is 21.1 Å². The second-order valence-electron chi connectivity index (χ2n) is 1.15. The van der Waals surface area contributed by atoms with E-state index in [2.05, 4.69) is 37.0 Å². The van der Waals surface area contributed by atoms with Gasteiger partial charge in [-0.05, 0) is 24.6 Å². The molecule has 0 N–H and O–H groups in total. The Hall–Kier alpha value is 2.41. The van der Waals surface area contributed by atoms with E-state index in [1.165, 1.54) is 24.6 Å². The maximum atomic E-state index is 2.63. The minimum absolute atomic E-state index is 0. The van der Waals surface area contributed by atoms with Crippen LogP contribution < -0.4 is 0 Å². The molecular weight excluding hydrogens is 367 g/mol. The first kappa shape index (κ1) is 17.5. The predicted molar refractivity (Wildman–Crippen MR) is 58.3 cm³/mol. The average molecular weight is 383 g/mol. The molecule has 0 aromatic rings. The van der Waals surface area contributed by atoms with Gasteiger partial charge in [-0.1, -0.05) is 0 Å². The molecule has 0 fully saturated rings. The second-order valence-corrected chi connectivity index (χ2v) is 3.46. The van der Waals surface area contributed by atoms with E-state index in [-0.39, 0.29) is 21.1 Å². The molecule has 0 spiro atoms. The van der Waals surface area contributed by atoms with Gasteiger partial charge in [-0.2, -0.15) is 0 Å². The maximum absolute atomic E-state index is 2.63. The van der Waals surface area contributed by atoms with Gasteiger partial charge >= 0.3 is 0 Å². The topological polar surface area (TPSA) is 0 Å². The summed E-state index contributed by atoms with van der Waals surface area (Å²) < 4.78 is 0. The van der Waals surface area contributed by atoms with Crippen molar-refractivity contribution in [2.75, 3.05) is 24.6 Å². The Morgan fingerprint density at radius 1 is 0.556 bits per heavy atom. The summed E-state index contributed by atoms with van der Waals surface area (Å²) in [6, 6.07) is 0. The number of hydrogen-bond acceptors (Lipinski definition) is 0. The van der Waals surface area contributed by atoms with Crippen LogP contribution in [0.15, 0.2) is 0 Å². The standard InChI is InChI=1S/2C2H8P2.Pt/c2*3-1-2-4;/h2*1-4H2;. The molecule has 4 atom stereocenters. The normalized spacial score (nSPS) is 6.67. The summed E-state index contributed by atoms with van der Waals surface area (Å²) in [5.74, 6) is 0. The van der Waals surface area contributed by atoms with E-state index in [0.29, 0.717) is 0 Å². The van der Waals surface area contributed by atoms with Crippen molar-refractivity contribution >= 4 is 37.0 Å². The molecule has 0 aliphatic carbocycles. The van der Waals surface area contributed by atoms with Gasteiger partial charge in [0.05, 0.1) is 0 Å². The first-order chi connectivity index (χ1) is 3.83. The SMILES string of the molecule is PCCP.PCCP.[Pt]. The Labute approximate surface area is 82.5 Å². The van der Waals surface area contributed by atoms with Gasteiger partial charge in [-0.25, -0.2) is 0 Å². The van der Waals surface area contributed by atoms with Crippen molar-refractivity contribution in [1.29, 1.82) is 0 Å². The summed E-state index contributed by atoms with van der Waals surface area (Å²) in [4.78, 5) is 0. The van der Waals surface area contributed by atoms with Crippen LogP contribution in [0.3, 0.4) is 0 Å². The molecule has 0 saturated carbocycles. The summed E-state index contributed by atoms with van der Waals surface area (Å²) in [5, 5.41) is 0. The van der Waals surface area contributed by atoms with Gasteiger partial charge in [0.25, 0.3) is 0 Å². The van der Waals surface area contributed by atoms with Crippen LogP contribution >= 0.6 is 37.0 Å². The summed E-state index contributed by atoms with van der Waals surface area (Å²) in [7, 11) is 10.5. The molecule has 0 aromatic heterocycles. The Morgan fingerprint density at radius 2 is 0.667 bits per heavy atom. The molecule has 0 aliphatic rings. The van der Waals surface area contributed by atoms with Crippen LogP contribution in [-0.2, 0) is 21.1 Å². The fraction of sp³-hybridized carbons (Fsp3) is 1.00. The van der Waals surface area contributed by atoms with E-state index in [1.807, 2.05) is 0 Å². The van der Waals surface area contributed by atoms with Gasteiger partial charge in [-0.3, -0.25) is 0 Å². The van der Waals surface area contributed by atoms with Crippen LogP contribution in [0.25, 0.3) is 0 Å². The Balaban J connectivity index is -0.0000000720. The van der Waals surface area contributed by atoms with Crippen LogP contribution in [0.1, 0.15) is 0 Å². The Kier molecular flexibility index (Phi) is 43.6. The molecule has 0 aliphatic heterocycles. The van der Waals surface area contributed by atoms with Gasteiger partial charge in [0.15, 0.2) is 0 Å². The third-order valence-electron chi connectivity index (χ3n) is 0.333. The third kappa shape index (κ3) is 37.9. The van der Waals surface area contributed by atoms with E-state index in [4.69, 9.17) is 0 Å². The van der Waals surface area contributed by atoms with Gasteiger partial charge in [0, 0.05) is 21.1 Å². The smallest absolute Gasteiger partial charge is 0 e.